The molecule has 2 aromatic rings. The molecular formula is C16H15ClFNO. The first-order valence-corrected chi connectivity index (χ1v) is 6.92. The molecule has 1 aliphatic heterocycles. The number of halogens is 2. The van der Waals surface area contributed by atoms with Crippen molar-refractivity contribution >= 4 is 11.6 Å². The summed E-state index contributed by atoms with van der Waals surface area (Å²) in [4.78, 5) is 0. The Morgan fingerprint density at radius 1 is 1.25 bits per heavy atom. The third kappa shape index (κ3) is 2.39. The van der Waals surface area contributed by atoms with Gasteiger partial charge < -0.3 is 10.5 Å². The molecule has 2 atom stereocenters. The molecule has 0 aliphatic carbocycles. The molecule has 20 heavy (non-hydrogen) atoms. The molecular weight excluding hydrogens is 277 g/mol. The van der Waals surface area contributed by atoms with Crippen molar-refractivity contribution in [3.63, 3.8) is 0 Å². The fourth-order valence-electron chi connectivity index (χ4n) is 2.53. The van der Waals surface area contributed by atoms with Gasteiger partial charge in [0.2, 0.25) is 0 Å². The van der Waals surface area contributed by atoms with Crippen molar-refractivity contribution in [2.24, 2.45) is 5.73 Å². The number of nitrogens with two attached hydrogens (primary N) is 1. The molecule has 2 aromatic carbocycles. The first kappa shape index (κ1) is 13.4. The predicted octanol–water partition coefficient (Wildman–Crippen LogP) is 3.85. The van der Waals surface area contributed by atoms with Gasteiger partial charge in [0.15, 0.2) is 0 Å². The van der Waals surface area contributed by atoms with Gasteiger partial charge in [-0.1, -0.05) is 29.8 Å². The molecule has 0 aromatic heterocycles. The average Bonchev–Trinajstić information content (AvgIpc) is 2.80. The standard InChI is InChI=1S/C16H15ClFNO/c1-9-6-12-7-10(3-5-15(12)20-9)16(19)11-2-4-13(17)14(18)8-11/h2-5,7-9,16H,6,19H2,1H3. The Kier molecular flexibility index (Phi) is 3.40. The molecule has 0 radical (unpaired) electrons. The molecule has 3 rings (SSSR count). The van der Waals surface area contributed by atoms with E-state index < -0.39 is 5.82 Å². The SMILES string of the molecule is CC1Cc2cc(C(N)c3ccc(Cl)c(F)c3)ccc2O1. The molecule has 1 heterocycles. The highest BCUT2D eigenvalue weighted by Crippen LogP contribution is 2.32. The Morgan fingerprint density at radius 3 is 2.70 bits per heavy atom. The van der Waals surface area contributed by atoms with Crippen LogP contribution >= 0.6 is 11.6 Å². The van der Waals surface area contributed by atoms with E-state index in [2.05, 4.69) is 0 Å². The molecule has 2 N–H and O–H groups in total. The molecule has 1 aliphatic rings. The average molecular weight is 292 g/mol. The van der Waals surface area contributed by atoms with E-state index in [9.17, 15) is 4.39 Å². The molecule has 0 bridgehead atoms. The lowest BCUT2D eigenvalue weighted by Gasteiger charge is -2.14. The highest BCUT2D eigenvalue weighted by Gasteiger charge is 2.20. The lowest BCUT2D eigenvalue weighted by molar-refractivity contribution is 0.254. The second kappa shape index (κ2) is 5.08. The van der Waals surface area contributed by atoms with Crippen LogP contribution in [0.4, 0.5) is 4.39 Å². The van der Waals surface area contributed by atoms with Crippen molar-refractivity contribution in [2.45, 2.75) is 25.5 Å². The Morgan fingerprint density at radius 2 is 1.95 bits per heavy atom. The normalized spacial score (nSPS) is 18.5. The van der Waals surface area contributed by atoms with E-state index in [4.69, 9.17) is 22.1 Å². The van der Waals surface area contributed by atoms with E-state index in [1.807, 2.05) is 25.1 Å². The maximum atomic E-state index is 13.5. The quantitative estimate of drug-likeness (QED) is 0.912. The summed E-state index contributed by atoms with van der Waals surface area (Å²) in [5, 5.41) is 0.108. The van der Waals surface area contributed by atoms with Gasteiger partial charge in [0.25, 0.3) is 0 Å². The smallest absolute Gasteiger partial charge is 0.142 e. The van der Waals surface area contributed by atoms with Gasteiger partial charge in [-0.2, -0.15) is 0 Å². The second-order valence-electron chi connectivity index (χ2n) is 5.15. The van der Waals surface area contributed by atoms with Crippen LogP contribution in [0.3, 0.4) is 0 Å². The maximum Gasteiger partial charge on any atom is 0.142 e. The third-order valence-corrected chi connectivity index (χ3v) is 3.89. The molecule has 0 spiro atoms. The Balaban J connectivity index is 1.93. The Bertz CT molecular complexity index is 659. The first-order valence-electron chi connectivity index (χ1n) is 6.54. The van der Waals surface area contributed by atoms with Gasteiger partial charge >= 0.3 is 0 Å². The van der Waals surface area contributed by atoms with Gasteiger partial charge in [-0.25, -0.2) is 4.39 Å². The van der Waals surface area contributed by atoms with E-state index >= 15 is 0 Å². The third-order valence-electron chi connectivity index (χ3n) is 3.58. The van der Waals surface area contributed by atoms with E-state index in [-0.39, 0.29) is 17.2 Å². The van der Waals surface area contributed by atoms with Crippen LogP contribution in [-0.4, -0.2) is 6.10 Å². The summed E-state index contributed by atoms with van der Waals surface area (Å²) in [5.41, 5.74) is 9.02. The van der Waals surface area contributed by atoms with Crippen LogP contribution in [-0.2, 0) is 6.42 Å². The van der Waals surface area contributed by atoms with Crippen molar-refractivity contribution in [1.82, 2.24) is 0 Å². The fourth-order valence-corrected chi connectivity index (χ4v) is 2.65. The maximum absolute atomic E-state index is 13.5. The number of hydrogen-bond donors (Lipinski definition) is 1. The fraction of sp³-hybridized carbons (Fsp3) is 0.250. The summed E-state index contributed by atoms with van der Waals surface area (Å²) in [6.45, 7) is 2.04. The monoisotopic (exact) mass is 291 g/mol. The number of ether oxygens (including phenoxy) is 1. The molecule has 0 fully saturated rings. The predicted molar refractivity (Wildman–Crippen MR) is 77.7 cm³/mol. The van der Waals surface area contributed by atoms with Crippen LogP contribution in [0, 0.1) is 5.82 Å². The highest BCUT2D eigenvalue weighted by atomic mass is 35.5. The summed E-state index contributed by atoms with van der Waals surface area (Å²) in [6.07, 6.45) is 1.08. The van der Waals surface area contributed by atoms with E-state index in [1.54, 1.807) is 6.07 Å². The van der Waals surface area contributed by atoms with Crippen LogP contribution in [0.1, 0.15) is 29.7 Å². The number of fused-ring (bicyclic) bond motifs is 1. The zero-order valence-corrected chi connectivity index (χ0v) is 11.8. The van der Waals surface area contributed by atoms with Crippen molar-refractivity contribution in [2.75, 3.05) is 0 Å². The van der Waals surface area contributed by atoms with Crippen LogP contribution in [0.2, 0.25) is 5.02 Å². The molecule has 2 nitrogen and oxygen atoms in total. The van der Waals surface area contributed by atoms with E-state index in [0.717, 1.165) is 23.3 Å². The minimum absolute atomic E-state index is 0.108. The minimum Gasteiger partial charge on any atom is -0.490 e. The Hall–Kier alpha value is -1.58. The first-order chi connectivity index (χ1) is 9.54. The van der Waals surface area contributed by atoms with Gasteiger partial charge in [0.1, 0.15) is 17.7 Å². The topological polar surface area (TPSA) is 35.2 Å². The van der Waals surface area contributed by atoms with Crippen molar-refractivity contribution < 1.29 is 9.13 Å². The summed E-state index contributed by atoms with van der Waals surface area (Å²) in [7, 11) is 0. The molecule has 2 unspecified atom stereocenters. The largest absolute Gasteiger partial charge is 0.490 e. The lowest BCUT2D eigenvalue weighted by atomic mass is 9.97. The number of hydrogen-bond acceptors (Lipinski definition) is 2. The van der Waals surface area contributed by atoms with Gasteiger partial charge in [0.05, 0.1) is 11.1 Å². The van der Waals surface area contributed by atoms with Crippen LogP contribution < -0.4 is 10.5 Å². The summed E-state index contributed by atoms with van der Waals surface area (Å²) >= 11 is 5.69. The summed E-state index contributed by atoms with van der Waals surface area (Å²) in [6, 6.07) is 10.2. The van der Waals surface area contributed by atoms with Gasteiger partial charge in [-0.05, 0) is 41.8 Å². The van der Waals surface area contributed by atoms with E-state index in [0.29, 0.717) is 5.56 Å². The van der Waals surface area contributed by atoms with Gasteiger partial charge in [0, 0.05) is 6.42 Å². The summed E-state index contributed by atoms with van der Waals surface area (Å²) in [5.74, 6) is 0.466. The molecule has 0 amide bonds. The lowest BCUT2D eigenvalue weighted by Crippen LogP contribution is -2.12. The van der Waals surface area contributed by atoms with Crippen molar-refractivity contribution in [3.05, 3.63) is 63.9 Å². The zero-order valence-electron chi connectivity index (χ0n) is 11.1. The highest BCUT2D eigenvalue weighted by molar-refractivity contribution is 6.30. The van der Waals surface area contributed by atoms with Crippen LogP contribution in [0.5, 0.6) is 5.75 Å². The molecule has 0 saturated heterocycles. The van der Waals surface area contributed by atoms with Crippen molar-refractivity contribution in [3.8, 4) is 5.75 Å². The summed E-state index contributed by atoms with van der Waals surface area (Å²) < 4.78 is 19.2. The van der Waals surface area contributed by atoms with Gasteiger partial charge in [-0.15, -0.1) is 0 Å². The number of benzene rings is 2. The molecule has 4 heteroatoms. The van der Waals surface area contributed by atoms with Crippen LogP contribution in [0.15, 0.2) is 36.4 Å². The molecule has 104 valence electrons. The van der Waals surface area contributed by atoms with Gasteiger partial charge in [-0.3, -0.25) is 0 Å². The number of rotatable bonds is 2. The molecule has 0 saturated carbocycles. The second-order valence-corrected chi connectivity index (χ2v) is 5.56. The Labute approximate surface area is 122 Å². The van der Waals surface area contributed by atoms with E-state index in [1.165, 1.54) is 12.1 Å². The minimum atomic E-state index is -0.447. The van der Waals surface area contributed by atoms with Crippen LogP contribution in [0.25, 0.3) is 0 Å². The zero-order chi connectivity index (χ0) is 14.3. The van der Waals surface area contributed by atoms with Crippen molar-refractivity contribution in [1.29, 1.82) is 0 Å².